The number of morpholine rings is 1. The first kappa shape index (κ1) is 17.2. The second-order valence-corrected chi connectivity index (χ2v) is 5.05. The molecule has 0 spiro atoms. The van der Waals surface area contributed by atoms with Crippen LogP contribution in [-0.4, -0.2) is 62.3 Å². The van der Waals surface area contributed by atoms with Gasteiger partial charge >= 0.3 is 5.97 Å². The molecule has 2 aliphatic heterocycles. The van der Waals surface area contributed by atoms with Crippen LogP contribution in [0.1, 0.15) is 25.7 Å². The highest BCUT2D eigenvalue weighted by Gasteiger charge is 2.33. The van der Waals surface area contributed by atoms with Crippen molar-refractivity contribution < 1.29 is 19.1 Å². The first-order chi connectivity index (χ1) is 9.22. The molecule has 0 aromatic carbocycles. The molecule has 2 aliphatic rings. The molecule has 20 heavy (non-hydrogen) atoms. The van der Waals surface area contributed by atoms with Crippen LogP contribution in [0.5, 0.6) is 0 Å². The lowest BCUT2D eigenvalue weighted by Crippen LogP contribution is -2.51. The van der Waals surface area contributed by atoms with E-state index in [1.165, 1.54) is 7.11 Å². The summed E-state index contributed by atoms with van der Waals surface area (Å²) in [5, 5.41) is 3.26. The van der Waals surface area contributed by atoms with Crippen molar-refractivity contribution in [1.29, 1.82) is 0 Å². The maximum Gasteiger partial charge on any atom is 0.328 e. The fraction of sp³-hybridized carbons (Fsp3) is 0.846. The summed E-state index contributed by atoms with van der Waals surface area (Å²) in [6.07, 6.45) is 3.00. The van der Waals surface area contributed by atoms with E-state index in [9.17, 15) is 9.59 Å². The van der Waals surface area contributed by atoms with Gasteiger partial charge in [-0.25, -0.2) is 4.79 Å². The smallest absolute Gasteiger partial charge is 0.328 e. The van der Waals surface area contributed by atoms with E-state index in [1.807, 2.05) is 0 Å². The van der Waals surface area contributed by atoms with Gasteiger partial charge in [-0.15, -0.1) is 12.4 Å². The number of methoxy groups -OCH3 is 1. The minimum absolute atomic E-state index is 0. The van der Waals surface area contributed by atoms with Gasteiger partial charge in [0, 0.05) is 25.6 Å². The van der Waals surface area contributed by atoms with Crippen molar-refractivity contribution in [3.8, 4) is 0 Å². The van der Waals surface area contributed by atoms with E-state index in [0.29, 0.717) is 32.6 Å². The summed E-state index contributed by atoms with van der Waals surface area (Å²) >= 11 is 0. The standard InChI is InChI=1S/C13H22N2O4.ClH/c1-18-13(17)11-4-2-3-6-15(11)12(16)8-10-9-19-7-5-14-10;/h10-11,14H,2-9H2,1H3;1H. The van der Waals surface area contributed by atoms with Crippen LogP contribution in [0.25, 0.3) is 0 Å². The lowest BCUT2D eigenvalue weighted by molar-refractivity contribution is -0.155. The van der Waals surface area contributed by atoms with Gasteiger partial charge < -0.3 is 19.7 Å². The van der Waals surface area contributed by atoms with Crippen LogP contribution in [-0.2, 0) is 19.1 Å². The third-order valence-electron chi connectivity index (χ3n) is 3.72. The monoisotopic (exact) mass is 306 g/mol. The van der Waals surface area contributed by atoms with Crippen molar-refractivity contribution in [2.45, 2.75) is 37.8 Å². The number of halogens is 1. The number of carbonyl (C=O) groups is 2. The number of carbonyl (C=O) groups excluding carboxylic acids is 2. The summed E-state index contributed by atoms with van der Waals surface area (Å²) in [7, 11) is 1.37. The van der Waals surface area contributed by atoms with Crippen molar-refractivity contribution in [1.82, 2.24) is 10.2 Å². The van der Waals surface area contributed by atoms with Crippen LogP contribution in [0.4, 0.5) is 0 Å². The Labute approximate surface area is 125 Å². The first-order valence-corrected chi connectivity index (χ1v) is 6.91. The number of likely N-dealkylation sites (tertiary alicyclic amines) is 1. The number of nitrogens with one attached hydrogen (secondary N) is 1. The van der Waals surface area contributed by atoms with Gasteiger partial charge in [-0.05, 0) is 19.3 Å². The Morgan fingerprint density at radius 3 is 2.85 bits per heavy atom. The molecule has 0 aromatic rings. The molecular formula is C13H23ClN2O4. The van der Waals surface area contributed by atoms with E-state index < -0.39 is 6.04 Å². The molecule has 1 N–H and O–H groups in total. The SMILES string of the molecule is COC(=O)C1CCCCN1C(=O)CC1COCCN1.Cl. The largest absolute Gasteiger partial charge is 0.467 e. The summed E-state index contributed by atoms with van der Waals surface area (Å²) in [6, 6.07) is -0.350. The Morgan fingerprint density at radius 1 is 1.40 bits per heavy atom. The third kappa shape index (κ3) is 4.33. The molecular weight excluding hydrogens is 284 g/mol. The topological polar surface area (TPSA) is 67.9 Å². The molecule has 2 rings (SSSR count). The van der Waals surface area contributed by atoms with E-state index in [-0.39, 0.29) is 30.3 Å². The molecule has 0 aliphatic carbocycles. The average Bonchev–Trinajstić information content (AvgIpc) is 2.47. The van der Waals surface area contributed by atoms with Gasteiger partial charge in [-0.3, -0.25) is 4.79 Å². The van der Waals surface area contributed by atoms with Crippen molar-refractivity contribution in [2.24, 2.45) is 0 Å². The Bertz CT molecular complexity index is 334. The van der Waals surface area contributed by atoms with E-state index in [2.05, 4.69) is 5.32 Å². The number of amides is 1. The minimum Gasteiger partial charge on any atom is -0.467 e. The lowest BCUT2D eigenvalue weighted by Gasteiger charge is -2.35. The highest BCUT2D eigenvalue weighted by Crippen LogP contribution is 2.19. The van der Waals surface area contributed by atoms with Crippen molar-refractivity contribution in [3.05, 3.63) is 0 Å². The Kier molecular flexibility index (Phi) is 7.26. The van der Waals surface area contributed by atoms with Crippen LogP contribution in [0.3, 0.4) is 0 Å². The second kappa shape index (κ2) is 8.44. The Balaban J connectivity index is 0.00000200. The zero-order valence-electron chi connectivity index (χ0n) is 11.8. The van der Waals surface area contributed by atoms with Gasteiger partial charge in [0.15, 0.2) is 0 Å². The number of ether oxygens (including phenoxy) is 2. The molecule has 0 radical (unpaired) electrons. The van der Waals surface area contributed by atoms with Crippen molar-refractivity contribution >= 4 is 24.3 Å². The maximum atomic E-state index is 12.3. The van der Waals surface area contributed by atoms with Crippen LogP contribution < -0.4 is 5.32 Å². The number of piperidine rings is 1. The number of nitrogens with zero attached hydrogens (tertiary/aromatic N) is 1. The molecule has 6 nitrogen and oxygen atoms in total. The molecule has 7 heteroatoms. The molecule has 0 aromatic heterocycles. The molecule has 0 saturated carbocycles. The van der Waals surface area contributed by atoms with Gasteiger partial charge in [0.05, 0.1) is 20.3 Å². The molecule has 2 saturated heterocycles. The first-order valence-electron chi connectivity index (χ1n) is 6.91. The van der Waals surface area contributed by atoms with Gasteiger partial charge in [-0.1, -0.05) is 0 Å². The minimum atomic E-state index is -0.407. The molecule has 116 valence electrons. The third-order valence-corrected chi connectivity index (χ3v) is 3.72. The summed E-state index contributed by atoms with van der Waals surface area (Å²) in [4.78, 5) is 25.7. The Hall–Kier alpha value is -0.850. The van der Waals surface area contributed by atoms with Crippen LogP contribution in [0, 0.1) is 0 Å². The second-order valence-electron chi connectivity index (χ2n) is 5.05. The average molecular weight is 307 g/mol. The summed E-state index contributed by atoms with van der Waals surface area (Å²) in [5.41, 5.74) is 0. The van der Waals surface area contributed by atoms with Gasteiger partial charge in [0.2, 0.25) is 5.91 Å². The highest BCUT2D eigenvalue weighted by atomic mass is 35.5. The van der Waals surface area contributed by atoms with E-state index in [0.717, 1.165) is 19.4 Å². The molecule has 0 bridgehead atoms. The summed E-state index contributed by atoms with van der Waals surface area (Å²) in [6.45, 7) is 2.67. The molecule has 2 unspecified atom stereocenters. The fourth-order valence-corrected chi connectivity index (χ4v) is 2.69. The number of rotatable bonds is 3. The van der Waals surface area contributed by atoms with Crippen LogP contribution >= 0.6 is 12.4 Å². The quantitative estimate of drug-likeness (QED) is 0.762. The maximum absolute atomic E-state index is 12.3. The summed E-state index contributed by atoms with van der Waals surface area (Å²) in [5.74, 6) is -0.293. The van der Waals surface area contributed by atoms with Gasteiger partial charge in [-0.2, -0.15) is 0 Å². The normalized spacial score (nSPS) is 26.6. The van der Waals surface area contributed by atoms with E-state index >= 15 is 0 Å². The van der Waals surface area contributed by atoms with E-state index in [4.69, 9.17) is 9.47 Å². The van der Waals surface area contributed by atoms with Crippen LogP contribution in [0.2, 0.25) is 0 Å². The molecule has 2 atom stereocenters. The van der Waals surface area contributed by atoms with Gasteiger partial charge in [0.1, 0.15) is 6.04 Å². The van der Waals surface area contributed by atoms with Crippen LogP contribution in [0.15, 0.2) is 0 Å². The number of hydrogen-bond donors (Lipinski definition) is 1. The van der Waals surface area contributed by atoms with Gasteiger partial charge in [0.25, 0.3) is 0 Å². The fourth-order valence-electron chi connectivity index (χ4n) is 2.69. The lowest BCUT2D eigenvalue weighted by atomic mass is 10.0. The van der Waals surface area contributed by atoms with E-state index in [1.54, 1.807) is 4.90 Å². The number of hydrogen-bond acceptors (Lipinski definition) is 5. The number of esters is 1. The zero-order chi connectivity index (χ0) is 13.7. The van der Waals surface area contributed by atoms with Crippen molar-refractivity contribution in [3.63, 3.8) is 0 Å². The molecule has 2 fully saturated rings. The molecule has 2 heterocycles. The predicted molar refractivity (Wildman–Crippen MR) is 75.8 cm³/mol. The molecule has 1 amide bonds. The zero-order valence-corrected chi connectivity index (χ0v) is 12.6. The summed E-state index contributed by atoms with van der Waals surface area (Å²) < 4.78 is 10.1. The van der Waals surface area contributed by atoms with Crippen molar-refractivity contribution in [2.75, 3.05) is 33.4 Å². The highest BCUT2D eigenvalue weighted by molar-refractivity contribution is 5.85. The Morgan fingerprint density at radius 2 is 2.20 bits per heavy atom. The predicted octanol–water partition coefficient (Wildman–Crippen LogP) is 0.341.